The molecule has 0 aromatic heterocycles. The molecule has 9 N–H and O–H groups in total. The second-order valence-corrected chi connectivity index (χ2v) is 15.3. The summed E-state index contributed by atoms with van der Waals surface area (Å²) in [5, 5.41) is 8.49. The highest BCUT2D eigenvalue weighted by Gasteiger charge is 2.30. The number of nitrogens with two attached hydrogens (primary N) is 3. The van der Waals surface area contributed by atoms with Crippen LogP contribution < -0.4 is 38.2 Å². The first-order valence-electron chi connectivity index (χ1n) is 20.1. The van der Waals surface area contributed by atoms with Crippen molar-refractivity contribution in [1.29, 1.82) is 0 Å². The van der Waals surface area contributed by atoms with Crippen LogP contribution in [0.1, 0.15) is 5.56 Å². The predicted molar refractivity (Wildman–Crippen MR) is 226 cm³/mol. The Labute approximate surface area is 363 Å². The molecule has 0 aliphatic carbocycles. The van der Waals surface area contributed by atoms with Crippen LogP contribution in [0, 0.1) is 0 Å². The van der Waals surface area contributed by atoms with Crippen LogP contribution in [0.4, 0.5) is 0 Å². The highest BCUT2D eigenvalue weighted by atomic mass is 31.2. The van der Waals surface area contributed by atoms with Gasteiger partial charge in [-0.1, -0.05) is 36.4 Å². The number of carbonyl (C=O) groups excluding carboxylic acids is 3. The first-order chi connectivity index (χ1) is 30.1. The van der Waals surface area contributed by atoms with E-state index in [2.05, 4.69) is 30.5 Å². The summed E-state index contributed by atoms with van der Waals surface area (Å²) in [5.74, 6) is 14.1. The molecule has 0 heterocycles. The summed E-state index contributed by atoms with van der Waals surface area (Å²) < 4.78 is 55.2. The van der Waals surface area contributed by atoms with Crippen LogP contribution in [0.25, 0.3) is 11.1 Å². The number of hydrogen-bond acceptors (Lipinski definition) is 19. The molecule has 23 heteroatoms. The van der Waals surface area contributed by atoms with Gasteiger partial charge in [-0.15, -0.1) is 0 Å². The van der Waals surface area contributed by atoms with E-state index in [9.17, 15) is 18.9 Å². The first-order valence-corrected chi connectivity index (χ1v) is 22.1. The largest absolute Gasteiger partial charge is 0.425 e. The van der Waals surface area contributed by atoms with Crippen LogP contribution >= 0.6 is 7.60 Å². The molecular formula is C39H66N7O15P. The molecule has 0 saturated carbocycles. The molecule has 2 unspecified atom stereocenters. The molecule has 0 spiro atoms. The van der Waals surface area contributed by atoms with Gasteiger partial charge >= 0.3 is 7.60 Å². The highest BCUT2D eigenvalue weighted by molar-refractivity contribution is 7.53. The van der Waals surface area contributed by atoms with Gasteiger partial charge in [-0.05, 0) is 35.2 Å². The van der Waals surface area contributed by atoms with E-state index in [0.29, 0.717) is 58.6 Å². The van der Waals surface area contributed by atoms with Crippen molar-refractivity contribution in [2.45, 2.75) is 12.5 Å². The van der Waals surface area contributed by atoms with E-state index >= 15 is 0 Å². The zero-order chi connectivity index (χ0) is 45.1. The van der Waals surface area contributed by atoms with E-state index in [-0.39, 0.29) is 85.4 Å². The minimum atomic E-state index is -3.22. The Bertz CT molecular complexity index is 1500. The minimum Gasteiger partial charge on any atom is -0.425 e. The Morgan fingerprint density at radius 2 is 0.935 bits per heavy atom. The third-order valence-electron chi connectivity index (χ3n) is 8.45. The third kappa shape index (κ3) is 26.1. The number of rotatable bonds is 39. The predicted octanol–water partition coefficient (Wildman–Crippen LogP) is -0.466. The second-order valence-electron chi connectivity index (χ2n) is 13.2. The van der Waals surface area contributed by atoms with Crippen LogP contribution in [0.2, 0.25) is 0 Å². The van der Waals surface area contributed by atoms with Crippen molar-refractivity contribution in [2.75, 3.05) is 146 Å². The molecule has 22 nitrogen and oxygen atoms in total. The average Bonchev–Trinajstić information content (AvgIpc) is 3.26. The summed E-state index contributed by atoms with van der Waals surface area (Å²) in [6, 6.07) is 13.6. The van der Waals surface area contributed by atoms with Crippen LogP contribution in [0.5, 0.6) is 5.75 Å². The average molecular weight is 904 g/mol. The van der Waals surface area contributed by atoms with E-state index in [0.717, 1.165) is 16.7 Å². The van der Waals surface area contributed by atoms with Gasteiger partial charge < -0.3 is 67.9 Å². The van der Waals surface area contributed by atoms with Gasteiger partial charge in [0.1, 0.15) is 5.75 Å². The third-order valence-corrected chi connectivity index (χ3v) is 9.65. The number of amides is 3. The monoisotopic (exact) mass is 903 g/mol. The Hall–Kier alpha value is -3.68. The topological polar surface area (TPSA) is 287 Å². The summed E-state index contributed by atoms with van der Waals surface area (Å²) in [4.78, 5) is 55.6. The number of carbonyl (C=O) groups is 3. The van der Waals surface area contributed by atoms with Gasteiger partial charge in [-0.25, -0.2) is 22.3 Å². The molecule has 62 heavy (non-hydrogen) atoms. The van der Waals surface area contributed by atoms with Crippen molar-refractivity contribution in [3.05, 3.63) is 54.1 Å². The van der Waals surface area contributed by atoms with Gasteiger partial charge in [0.05, 0.1) is 118 Å². The van der Waals surface area contributed by atoms with E-state index in [1.807, 2.05) is 36.4 Å². The van der Waals surface area contributed by atoms with Gasteiger partial charge in [0, 0.05) is 33.4 Å². The van der Waals surface area contributed by atoms with Gasteiger partial charge in [0.15, 0.2) is 0 Å². The zero-order valence-electron chi connectivity index (χ0n) is 35.8. The van der Waals surface area contributed by atoms with Gasteiger partial charge in [0.2, 0.25) is 17.7 Å². The summed E-state index contributed by atoms with van der Waals surface area (Å²) in [6.45, 7) is 5.50. The molecule has 0 fully saturated rings. The summed E-state index contributed by atoms with van der Waals surface area (Å²) in [5.41, 5.74) is 2.51. The number of nitrogens with zero attached hydrogens (tertiary/aromatic N) is 1. The van der Waals surface area contributed by atoms with E-state index in [1.54, 1.807) is 12.1 Å². The lowest BCUT2D eigenvalue weighted by Gasteiger charge is -2.30. The van der Waals surface area contributed by atoms with Crippen molar-refractivity contribution >= 4 is 25.3 Å². The quantitative estimate of drug-likeness (QED) is 0.0281. The SMILES string of the molecule is COP(C)(=O)Oc1ccc(-c2ccc(CC(C(=O)NCCOCCOCCON)N(CC(=O)NCCOCCOCCON)CC(=O)NCCOCCOCCON)cc2)cc1. The smallest absolute Gasteiger partial charge is 0.375 e. The Balaban J connectivity index is 2.20. The molecule has 0 aliphatic heterocycles. The van der Waals surface area contributed by atoms with Gasteiger partial charge in [-0.2, -0.15) is 0 Å². The van der Waals surface area contributed by atoms with Crippen molar-refractivity contribution in [3.8, 4) is 16.9 Å². The molecule has 0 saturated heterocycles. The van der Waals surface area contributed by atoms with Gasteiger partial charge in [-0.3, -0.25) is 19.3 Å². The van der Waals surface area contributed by atoms with Crippen molar-refractivity contribution in [2.24, 2.45) is 17.7 Å². The van der Waals surface area contributed by atoms with E-state index < -0.39 is 31.4 Å². The van der Waals surface area contributed by atoms with Crippen molar-refractivity contribution in [3.63, 3.8) is 0 Å². The normalized spacial score (nSPS) is 12.8. The van der Waals surface area contributed by atoms with Crippen LogP contribution in [0.15, 0.2) is 48.5 Å². The molecule has 2 rings (SSSR count). The lowest BCUT2D eigenvalue weighted by molar-refractivity contribution is -0.131. The summed E-state index contributed by atoms with van der Waals surface area (Å²) >= 11 is 0. The number of hydrogen-bond donors (Lipinski definition) is 6. The standard InChI is InChI=1S/C39H66N7O15P/c1-51-62(2,50)61-35-9-7-34(8-10-35)33-5-3-32(4-6-33)29-36(39(49)45-13-16-54-19-22-57-25-28-60-42)46(30-37(47)43-11-14-52-17-20-55-23-26-58-40)31-38(48)44-12-15-53-18-21-56-24-27-59-41/h3-10,36H,11-31,40-42H2,1-2H3,(H,43,47)(H,44,48)(H,45,49). The molecular weight excluding hydrogens is 837 g/mol. The summed E-state index contributed by atoms with van der Waals surface area (Å²) in [7, 11) is -1.90. The number of nitrogens with one attached hydrogen (secondary N) is 3. The molecule has 2 atom stereocenters. The Kier molecular flexibility index (Phi) is 30.5. The molecule has 0 aliphatic rings. The van der Waals surface area contributed by atoms with Gasteiger partial charge in [0.25, 0.3) is 0 Å². The zero-order valence-corrected chi connectivity index (χ0v) is 36.7. The minimum absolute atomic E-state index is 0.150. The van der Waals surface area contributed by atoms with Crippen molar-refractivity contribution in [1.82, 2.24) is 20.9 Å². The molecule has 0 radical (unpaired) electrons. The molecule has 2 aromatic rings. The second kappa shape index (κ2) is 34.8. The fraction of sp³-hybridized carbons (Fsp3) is 0.615. The van der Waals surface area contributed by atoms with Crippen LogP contribution in [-0.2, 0) is 72.8 Å². The first kappa shape index (κ1) is 54.5. The lowest BCUT2D eigenvalue weighted by atomic mass is 9.99. The molecule has 3 amide bonds. The lowest BCUT2D eigenvalue weighted by Crippen LogP contribution is -2.54. The van der Waals surface area contributed by atoms with Crippen molar-refractivity contribution < 1.29 is 70.9 Å². The maximum Gasteiger partial charge on any atom is 0.375 e. The Morgan fingerprint density at radius 1 is 0.565 bits per heavy atom. The molecule has 2 aromatic carbocycles. The Morgan fingerprint density at radius 3 is 1.34 bits per heavy atom. The number of benzene rings is 2. The molecule has 352 valence electrons. The fourth-order valence-corrected chi connectivity index (χ4v) is 5.89. The van der Waals surface area contributed by atoms with E-state index in [4.69, 9.17) is 55.2 Å². The maximum absolute atomic E-state index is 14.0. The van der Waals surface area contributed by atoms with Crippen LogP contribution in [0.3, 0.4) is 0 Å². The van der Waals surface area contributed by atoms with Crippen LogP contribution in [-0.4, -0.2) is 174 Å². The number of ether oxygens (including phenoxy) is 6. The summed E-state index contributed by atoms with van der Waals surface area (Å²) in [6.07, 6.45) is 0.150. The maximum atomic E-state index is 14.0. The molecule has 0 bridgehead atoms. The van der Waals surface area contributed by atoms with E-state index in [1.165, 1.54) is 18.7 Å². The fourth-order valence-electron chi connectivity index (χ4n) is 5.31. The highest BCUT2D eigenvalue weighted by Crippen LogP contribution is 2.43.